The van der Waals surface area contributed by atoms with Crippen molar-refractivity contribution in [3.05, 3.63) is 29.8 Å². The topological polar surface area (TPSA) is 34.1 Å². The van der Waals surface area contributed by atoms with E-state index >= 15 is 0 Å². The van der Waals surface area contributed by atoms with E-state index in [1.165, 1.54) is 6.26 Å². The van der Waals surface area contributed by atoms with Crippen molar-refractivity contribution in [1.29, 1.82) is 0 Å². The van der Waals surface area contributed by atoms with Crippen LogP contribution in [0.15, 0.2) is 29.2 Å². The van der Waals surface area contributed by atoms with Crippen LogP contribution in [0.3, 0.4) is 0 Å². The molecule has 1 aromatic carbocycles. The zero-order valence-electron chi connectivity index (χ0n) is 6.62. The van der Waals surface area contributed by atoms with E-state index < -0.39 is 9.84 Å². The van der Waals surface area contributed by atoms with Crippen LogP contribution in [0.2, 0.25) is 0 Å². The molecule has 0 saturated heterocycles. The lowest BCUT2D eigenvalue weighted by Crippen LogP contribution is -2.00. The Labute approximate surface area is 86.0 Å². The minimum atomic E-state index is -3.05. The van der Waals surface area contributed by atoms with E-state index in [-0.39, 0.29) is 0 Å². The number of rotatable bonds is 2. The van der Waals surface area contributed by atoms with Crippen LogP contribution in [0, 0.1) is 0 Å². The molecule has 1 rings (SSSR count). The maximum absolute atomic E-state index is 11.2. The summed E-state index contributed by atoms with van der Waals surface area (Å²) < 4.78 is 23.1. The van der Waals surface area contributed by atoms with Gasteiger partial charge in [-0.15, -0.1) is 0 Å². The highest BCUT2D eigenvalue weighted by Crippen LogP contribution is 2.17. The van der Waals surface area contributed by atoms with E-state index in [0.717, 1.165) is 9.99 Å². The van der Waals surface area contributed by atoms with Crippen molar-refractivity contribution in [2.24, 2.45) is 0 Å². The number of hydrogen-bond acceptors (Lipinski definition) is 2. The minimum absolute atomic E-state index is 0.444. The van der Waals surface area contributed by atoms with E-state index in [0.29, 0.717) is 4.90 Å². The Hall–Kier alpha value is -0.100. The SMILES string of the molecule is CS(=O)(=O)c1ccccc1CI. The monoisotopic (exact) mass is 296 g/mol. The van der Waals surface area contributed by atoms with Crippen LogP contribution in [0.4, 0.5) is 0 Å². The Morgan fingerprint density at radius 2 is 1.92 bits per heavy atom. The largest absolute Gasteiger partial charge is 0.224 e. The third-order valence-electron chi connectivity index (χ3n) is 1.52. The third-order valence-corrected chi connectivity index (χ3v) is 3.54. The number of halogens is 1. The molecule has 66 valence electrons. The van der Waals surface area contributed by atoms with Crippen molar-refractivity contribution in [3.8, 4) is 0 Å². The van der Waals surface area contributed by atoms with Crippen molar-refractivity contribution in [2.75, 3.05) is 6.26 Å². The summed E-state index contributed by atoms with van der Waals surface area (Å²) in [6, 6.07) is 7.07. The maximum Gasteiger partial charge on any atom is 0.175 e. The molecule has 0 saturated carbocycles. The van der Waals surface area contributed by atoms with Gasteiger partial charge in [0.05, 0.1) is 4.90 Å². The number of benzene rings is 1. The summed E-state index contributed by atoms with van der Waals surface area (Å²) in [5.41, 5.74) is 0.876. The first-order valence-electron chi connectivity index (χ1n) is 3.39. The predicted molar refractivity (Wildman–Crippen MR) is 57.3 cm³/mol. The van der Waals surface area contributed by atoms with E-state index in [1.54, 1.807) is 12.1 Å². The molecule has 1 aromatic rings. The predicted octanol–water partition coefficient (Wildman–Crippen LogP) is 2.03. The summed E-state index contributed by atoms with van der Waals surface area (Å²) in [7, 11) is -3.05. The molecule has 0 aromatic heterocycles. The summed E-state index contributed by atoms with van der Waals surface area (Å²) in [5.74, 6) is 0. The van der Waals surface area contributed by atoms with Gasteiger partial charge in [-0.25, -0.2) is 8.42 Å². The average molecular weight is 296 g/mol. The van der Waals surface area contributed by atoms with Gasteiger partial charge in [-0.3, -0.25) is 0 Å². The van der Waals surface area contributed by atoms with Gasteiger partial charge in [0.1, 0.15) is 0 Å². The fourth-order valence-electron chi connectivity index (χ4n) is 0.976. The first-order valence-corrected chi connectivity index (χ1v) is 6.81. The fraction of sp³-hybridized carbons (Fsp3) is 0.250. The zero-order valence-corrected chi connectivity index (χ0v) is 9.59. The molecular formula is C8H9IO2S. The lowest BCUT2D eigenvalue weighted by Gasteiger charge is -2.02. The van der Waals surface area contributed by atoms with Crippen molar-refractivity contribution in [3.63, 3.8) is 0 Å². The molecular weight excluding hydrogens is 287 g/mol. The summed E-state index contributed by atoms with van der Waals surface area (Å²) >= 11 is 2.15. The molecule has 0 N–H and O–H groups in total. The second kappa shape index (κ2) is 3.74. The Bertz CT molecular complexity index is 370. The first kappa shape index (κ1) is 9.98. The van der Waals surface area contributed by atoms with Gasteiger partial charge in [0.15, 0.2) is 9.84 Å². The van der Waals surface area contributed by atoms with Crippen LogP contribution >= 0.6 is 22.6 Å². The second-order valence-electron chi connectivity index (χ2n) is 2.51. The Morgan fingerprint density at radius 3 is 2.33 bits per heavy atom. The van der Waals surface area contributed by atoms with Crippen molar-refractivity contribution >= 4 is 32.4 Å². The third kappa shape index (κ3) is 2.20. The van der Waals surface area contributed by atoms with Gasteiger partial charge >= 0.3 is 0 Å². The molecule has 0 fully saturated rings. The van der Waals surface area contributed by atoms with Gasteiger partial charge in [0.25, 0.3) is 0 Å². The summed E-state index contributed by atoms with van der Waals surface area (Å²) in [4.78, 5) is 0.444. The van der Waals surface area contributed by atoms with Gasteiger partial charge in [-0.1, -0.05) is 40.8 Å². The van der Waals surface area contributed by atoms with E-state index in [2.05, 4.69) is 22.6 Å². The molecule has 0 unspecified atom stereocenters. The quantitative estimate of drug-likeness (QED) is 0.618. The molecule has 0 radical (unpaired) electrons. The summed E-state index contributed by atoms with van der Waals surface area (Å²) in [5, 5.41) is 0. The van der Waals surface area contributed by atoms with Crippen LogP contribution < -0.4 is 0 Å². The highest BCUT2D eigenvalue weighted by atomic mass is 127. The lowest BCUT2D eigenvalue weighted by atomic mass is 10.2. The number of alkyl halides is 1. The first-order chi connectivity index (χ1) is 5.55. The van der Waals surface area contributed by atoms with Crippen molar-refractivity contribution < 1.29 is 8.42 Å². The molecule has 0 heterocycles. The standard InChI is InChI=1S/C8H9IO2S/c1-12(10,11)8-5-3-2-4-7(8)6-9/h2-5H,6H2,1H3. The highest BCUT2D eigenvalue weighted by Gasteiger charge is 2.10. The Morgan fingerprint density at radius 1 is 1.33 bits per heavy atom. The highest BCUT2D eigenvalue weighted by molar-refractivity contribution is 14.1. The van der Waals surface area contributed by atoms with E-state index in [1.807, 2.05) is 12.1 Å². The van der Waals surface area contributed by atoms with E-state index in [9.17, 15) is 8.42 Å². The molecule has 0 atom stereocenters. The van der Waals surface area contributed by atoms with Crippen LogP contribution in [-0.2, 0) is 14.3 Å². The van der Waals surface area contributed by atoms with Crippen LogP contribution in [0.1, 0.15) is 5.56 Å². The average Bonchev–Trinajstić information content (AvgIpc) is 2.03. The van der Waals surface area contributed by atoms with Crippen molar-refractivity contribution in [2.45, 2.75) is 9.32 Å². The molecule has 0 bridgehead atoms. The van der Waals surface area contributed by atoms with Gasteiger partial charge in [-0.05, 0) is 11.6 Å². The maximum atomic E-state index is 11.2. The molecule has 0 aliphatic heterocycles. The molecule has 2 nitrogen and oxygen atoms in total. The van der Waals surface area contributed by atoms with Crippen molar-refractivity contribution in [1.82, 2.24) is 0 Å². The summed E-state index contributed by atoms with van der Waals surface area (Å²) in [6.45, 7) is 0. The van der Waals surface area contributed by atoms with Crippen LogP contribution in [-0.4, -0.2) is 14.7 Å². The molecule has 0 amide bonds. The normalized spacial score (nSPS) is 11.5. The smallest absolute Gasteiger partial charge is 0.175 e. The minimum Gasteiger partial charge on any atom is -0.224 e. The van der Waals surface area contributed by atoms with Gasteiger partial charge in [0, 0.05) is 10.7 Å². The number of sulfone groups is 1. The Kier molecular flexibility index (Phi) is 3.11. The van der Waals surface area contributed by atoms with Gasteiger partial charge < -0.3 is 0 Å². The molecule has 12 heavy (non-hydrogen) atoms. The molecule has 0 aliphatic rings. The molecule has 4 heteroatoms. The van der Waals surface area contributed by atoms with Crippen LogP contribution in [0.5, 0.6) is 0 Å². The van der Waals surface area contributed by atoms with Gasteiger partial charge in [-0.2, -0.15) is 0 Å². The van der Waals surface area contributed by atoms with Crippen LogP contribution in [0.25, 0.3) is 0 Å². The summed E-state index contributed by atoms with van der Waals surface area (Å²) in [6.07, 6.45) is 1.23. The zero-order chi connectivity index (χ0) is 9.19. The van der Waals surface area contributed by atoms with E-state index in [4.69, 9.17) is 0 Å². The fourth-order valence-corrected chi connectivity index (χ4v) is 2.84. The number of hydrogen-bond donors (Lipinski definition) is 0. The second-order valence-corrected chi connectivity index (χ2v) is 5.26. The molecule has 0 aliphatic carbocycles. The lowest BCUT2D eigenvalue weighted by molar-refractivity contribution is 0.601. The Balaban J connectivity index is 3.33. The van der Waals surface area contributed by atoms with Gasteiger partial charge in [0.2, 0.25) is 0 Å². The molecule has 0 spiro atoms.